The first kappa shape index (κ1) is 14.5. The molecule has 0 aliphatic rings. The number of nitrogens with zero attached hydrogens (tertiary/aromatic N) is 1. The van der Waals surface area contributed by atoms with Gasteiger partial charge in [0.25, 0.3) is 0 Å². The lowest BCUT2D eigenvalue weighted by Gasteiger charge is -2.24. The molecule has 8 heteroatoms. The Balaban J connectivity index is 4.26. The van der Waals surface area contributed by atoms with E-state index in [0.29, 0.717) is 0 Å². The third-order valence-corrected chi connectivity index (χ3v) is 1.84. The van der Waals surface area contributed by atoms with Crippen LogP contribution in [0.25, 0.3) is 0 Å². The average molecular weight is 241 g/mol. The zero-order chi connectivity index (χ0) is 13.0. The van der Waals surface area contributed by atoms with Crippen molar-refractivity contribution in [3.05, 3.63) is 0 Å². The molecule has 0 aliphatic heterocycles. The van der Waals surface area contributed by atoms with Crippen LogP contribution in [0.5, 0.6) is 0 Å². The molecule has 0 unspecified atom stereocenters. The molecule has 0 radical (unpaired) electrons. The van der Waals surface area contributed by atoms with Gasteiger partial charge in [0.05, 0.1) is 12.0 Å². The number of carbonyl (C=O) groups is 1. The van der Waals surface area contributed by atoms with Crippen LogP contribution in [-0.2, 0) is 4.79 Å². The molecule has 0 fully saturated rings. The molecular weight excluding hydrogens is 227 g/mol. The van der Waals surface area contributed by atoms with Crippen LogP contribution in [0.4, 0.5) is 13.2 Å². The van der Waals surface area contributed by atoms with E-state index in [9.17, 15) is 18.0 Å². The lowest BCUT2D eigenvalue weighted by Crippen LogP contribution is -2.53. The minimum atomic E-state index is -4.38. The van der Waals surface area contributed by atoms with E-state index in [1.807, 2.05) is 0 Å². The predicted molar refractivity (Wildman–Crippen MR) is 50.9 cm³/mol. The van der Waals surface area contributed by atoms with Gasteiger partial charge < -0.3 is 16.3 Å². The number of amides is 1. The molecule has 0 aromatic carbocycles. The van der Waals surface area contributed by atoms with Gasteiger partial charge in [-0.3, -0.25) is 4.79 Å². The highest BCUT2D eigenvalue weighted by Crippen LogP contribution is 2.21. The molecule has 0 aromatic heterocycles. The Morgan fingerprint density at radius 3 is 2.31 bits per heavy atom. The third-order valence-electron chi connectivity index (χ3n) is 1.84. The van der Waals surface area contributed by atoms with E-state index in [1.54, 1.807) is 0 Å². The fourth-order valence-corrected chi connectivity index (χ4v) is 0.855. The molecule has 0 aliphatic carbocycles. The first-order valence-corrected chi connectivity index (χ1v) is 4.44. The molecule has 0 heterocycles. The molecule has 94 valence electrons. The summed E-state index contributed by atoms with van der Waals surface area (Å²) in [6.07, 6.45) is -6.27. The molecule has 0 spiro atoms. The van der Waals surface area contributed by atoms with Gasteiger partial charge in [-0.1, -0.05) is 5.16 Å². The Labute approximate surface area is 90.5 Å². The van der Waals surface area contributed by atoms with Crippen molar-refractivity contribution in [3.8, 4) is 0 Å². The van der Waals surface area contributed by atoms with Gasteiger partial charge in [-0.15, -0.1) is 0 Å². The number of alkyl halides is 3. The largest absolute Gasteiger partial charge is 0.409 e. The maximum atomic E-state index is 11.8. The van der Waals surface area contributed by atoms with Crippen molar-refractivity contribution in [2.75, 3.05) is 0 Å². The maximum Gasteiger partial charge on any atom is 0.389 e. The number of hydrogen-bond donors (Lipinski definition) is 3. The van der Waals surface area contributed by atoms with Gasteiger partial charge >= 0.3 is 6.18 Å². The van der Waals surface area contributed by atoms with Crippen LogP contribution in [0.15, 0.2) is 5.16 Å². The summed E-state index contributed by atoms with van der Waals surface area (Å²) < 4.78 is 35.4. The van der Waals surface area contributed by atoms with Crippen LogP contribution in [0.1, 0.15) is 26.7 Å². The van der Waals surface area contributed by atoms with Gasteiger partial charge in [-0.05, 0) is 13.8 Å². The van der Waals surface area contributed by atoms with E-state index in [2.05, 4.69) is 10.5 Å². The second kappa shape index (κ2) is 5.04. The van der Waals surface area contributed by atoms with Crippen LogP contribution in [0.3, 0.4) is 0 Å². The number of amidine groups is 1. The minimum Gasteiger partial charge on any atom is -0.409 e. The second-order valence-corrected chi connectivity index (χ2v) is 3.77. The summed E-state index contributed by atoms with van der Waals surface area (Å²) in [6, 6.07) is 0. The van der Waals surface area contributed by atoms with Crippen molar-refractivity contribution in [1.29, 1.82) is 0 Å². The molecule has 0 aromatic rings. The molecule has 5 nitrogen and oxygen atoms in total. The fourth-order valence-electron chi connectivity index (χ4n) is 0.855. The molecule has 16 heavy (non-hydrogen) atoms. The molecule has 0 saturated carbocycles. The zero-order valence-corrected chi connectivity index (χ0v) is 8.93. The average Bonchev–Trinajstić information content (AvgIpc) is 2.11. The minimum absolute atomic E-state index is 0.284. The summed E-state index contributed by atoms with van der Waals surface area (Å²) in [5.74, 6) is -1.10. The van der Waals surface area contributed by atoms with Crippen LogP contribution < -0.4 is 11.1 Å². The number of hydrogen-bond acceptors (Lipinski definition) is 3. The monoisotopic (exact) mass is 241 g/mol. The van der Waals surface area contributed by atoms with E-state index >= 15 is 0 Å². The Bertz CT molecular complexity index is 287. The topological polar surface area (TPSA) is 87.7 Å². The van der Waals surface area contributed by atoms with Gasteiger partial charge in [0.15, 0.2) is 5.84 Å². The highest BCUT2D eigenvalue weighted by atomic mass is 19.4. The highest BCUT2D eigenvalue weighted by molar-refractivity contribution is 5.93. The van der Waals surface area contributed by atoms with E-state index < -0.39 is 30.5 Å². The van der Waals surface area contributed by atoms with Crippen molar-refractivity contribution in [1.82, 2.24) is 5.32 Å². The SMILES string of the molecule is CC(C)(NC(=O)CCC(F)(F)F)C(N)=NO. The van der Waals surface area contributed by atoms with E-state index in [0.717, 1.165) is 0 Å². The summed E-state index contributed by atoms with van der Waals surface area (Å²) in [7, 11) is 0. The Hall–Kier alpha value is -1.47. The first-order valence-electron chi connectivity index (χ1n) is 4.44. The van der Waals surface area contributed by atoms with Crippen LogP contribution in [0, 0.1) is 0 Å². The summed E-state index contributed by atoms with van der Waals surface area (Å²) >= 11 is 0. The predicted octanol–water partition coefficient (Wildman–Crippen LogP) is 0.970. The standard InChI is InChI=1S/C8H14F3N3O2/c1-7(2,6(12)14-16)13-5(15)3-4-8(9,10)11/h16H,3-4H2,1-2H3,(H2,12,14)(H,13,15). The van der Waals surface area contributed by atoms with E-state index in [-0.39, 0.29) is 5.84 Å². The summed E-state index contributed by atoms with van der Waals surface area (Å²) in [5, 5.41) is 13.3. The second-order valence-electron chi connectivity index (χ2n) is 3.77. The fraction of sp³-hybridized carbons (Fsp3) is 0.750. The van der Waals surface area contributed by atoms with Gasteiger partial charge in [0.1, 0.15) is 0 Å². The van der Waals surface area contributed by atoms with Crippen molar-refractivity contribution in [2.45, 2.75) is 38.4 Å². The van der Waals surface area contributed by atoms with Crippen LogP contribution >= 0.6 is 0 Å². The smallest absolute Gasteiger partial charge is 0.389 e. The molecule has 1 amide bonds. The van der Waals surface area contributed by atoms with E-state index in [4.69, 9.17) is 10.9 Å². The zero-order valence-electron chi connectivity index (χ0n) is 8.93. The van der Waals surface area contributed by atoms with Gasteiger partial charge in [0, 0.05) is 6.42 Å². The molecule has 0 bridgehead atoms. The summed E-state index contributed by atoms with van der Waals surface area (Å²) in [5.41, 5.74) is 4.06. The quantitative estimate of drug-likeness (QED) is 0.296. The van der Waals surface area contributed by atoms with Crippen molar-refractivity contribution >= 4 is 11.7 Å². The van der Waals surface area contributed by atoms with Gasteiger partial charge in [-0.2, -0.15) is 13.2 Å². The first-order chi connectivity index (χ1) is 7.08. The molecule has 0 saturated heterocycles. The van der Waals surface area contributed by atoms with Crippen molar-refractivity contribution in [3.63, 3.8) is 0 Å². The number of oxime groups is 1. The van der Waals surface area contributed by atoms with Crippen molar-refractivity contribution < 1.29 is 23.2 Å². The summed E-state index contributed by atoms with van der Waals surface area (Å²) in [4.78, 5) is 11.1. The molecule has 0 atom stereocenters. The third kappa shape index (κ3) is 5.42. The number of nitrogens with one attached hydrogen (secondary N) is 1. The van der Waals surface area contributed by atoms with Gasteiger partial charge in [0.2, 0.25) is 5.91 Å². The number of nitrogens with two attached hydrogens (primary N) is 1. The number of halogens is 3. The number of carbonyl (C=O) groups excluding carboxylic acids is 1. The summed E-state index contributed by atoms with van der Waals surface area (Å²) in [6.45, 7) is 2.82. The lowest BCUT2D eigenvalue weighted by atomic mass is 10.0. The molecule has 4 N–H and O–H groups in total. The highest BCUT2D eigenvalue weighted by Gasteiger charge is 2.30. The molecular formula is C8H14F3N3O2. The molecule has 0 rings (SSSR count). The normalized spacial score (nSPS) is 13.7. The Morgan fingerprint density at radius 2 is 1.94 bits per heavy atom. The van der Waals surface area contributed by atoms with Crippen LogP contribution in [0.2, 0.25) is 0 Å². The van der Waals surface area contributed by atoms with Gasteiger partial charge in [-0.25, -0.2) is 0 Å². The maximum absolute atomic E-state index is 11.8. The Kier molecular flexibility index (Phi) is 4.58. The van der Waals surface area contributed by atoms with E-state index in [1.165, 1.54) is 13.8 Å². The van der Waals surface area contributed by atoms with Crippen LogP contribution in [-0.4, -0.2) is 28.7 Å². The number of rotatable bonds is 4. The van der Waals surface area contributed by atoms with Crippen molar-refractivity contribution in [2.24, 2.45) is 10.9 Å². The Morgan fingerprint density at radius 1 is 1.44 bits per heavy atom. The lowest BCUT2D eigenvalue weighted by molar-refractivity contribution is -0.144.